The second-order valence-corrected chi connectivity index (χ2v) is 4.30. The minimum Gasteiger partial charge on any atom is -0.334 e. The Bertz CT molecular complexity index is 256. The van der Waals surface area contributed by atoms with E-state index >= 15 is 0 Å². The average Bonchev–Trinajstić information content (AvgIpc) is 2.47. The van der Waals surface area contributed by atoms with Crippen LogP contribution in [0.5, 0.6) is 0 Å². The van der Waals surface area contributed by atoms with Gasteiger partial charge in [0.05, 0.1) is 0 Å². The first kappa shape index (κ1) is 12.3. The molecule has 0 aliphatic carbocycles. The van der Waals surface area contributed by atoms with Crippen LogP contribution in [0.15, 0.2) is 0 Å². The molecule has 0 aromatic rings. The zero-order chi connectivity index (χ0) is 11.9. The quantitative estimate of drug-likeness (QED) is 0.628. The fourth-order valence-corrected chi connectivity index (χ4v) is 1.68. The Labute approximate surface area is 85.2 Å². The van der Waals surface area contributed by atoms with E-state index in [1.54, 1.807) is 0 Å². The molecule has 0 spiro atoms. The number of likely N-dealkylation sites (tertiary alicyclic amines) is 1. The lowest BCUT2D eigenvalue weighted by Crippen LogP contribution is -2.40. The summed E-state index contributed by atoms with van der Waals surface area (Å²) in [4.78, 5) is 11.5. The summed E-state index contributed by atoms with van der Waals surface area (Å²) in [5.41, 5.74) is -1.54. The molecular formula is C9H13F4NO. The molecule has 1 heterocycles. The molecule has 88 valence electrons. The largest absolute Gasteiger partial charge is 0.471 e. The van der Waals surface area contributed by atoms with E-state index in [9.17, 15) is 22.4 Å². The third-order valence-corrected chi connectivity index (χ3v) is 2.69. The van der Waals surface area contributed by atoms with Crippen molar-refractivity contribution in [3.05, 3.63) is 0 Å². The van der Waals surface area contributed by atoms with Crippen molar-refractivity contribution >= 4 is 5.91 Å². The maximum Gasteiger partial charge on any atom is 0.471 e. The van der Waals surface area contributed by atoms with E-state index in [1.165, 1.54) is 13.8 Å². The molecule has 0 N–H and O–H groups in total. The summed E-state index contributed by atoms with van der Waals surface area (Å²) in [7, 11) is 0. The smallest absolute Gasteiger partial charge is 0.334 e. The van der Waals surface area contributed by atoms with Crippen molar-refractivity contribution in [3.63, 3.8) is 0 Å². The SMILES string of the molecule is CC(C)(F)C1CCN(C(=O)C(F)(F)F)C1. The lowest BCUT2D eigenvalue weighted by atomic mass is 9.92. The van der Waals surface area contributed by atoms with Gasteiger partial charge in [-0.05, 0) is 20.3 Å². The molecule has 15 heavy (non-hydrogen) atoms. The number of hydrogen-bond donors (Lipinski definition) is 0. The summed E-state index contributed by atoms with van der Waals surface area (Å²) in [5, 5.41) is 0. The Balaban J connectivity index is 2.62. The van der Waals surface area contributed by atoms with Crippen LogP contribution in [0, 0.1) is 5.92 Å². The summed E-state index contributed by atoms with van der Waals surface area (Å²) >= 11 is 0. The van der Waals surface area contributed by atoms with Crippen molar-refractivity contribution in [3.8, 4) is 0 Å². The second kappa shape index (κ2) is 3.64. The molecule has 6 heteroatoms. The van der Waals surface area contributed by atoms with Crippen LogP contribution < -0.4 is 0 Å². The predicted octanol–water partition coefficient (Wildman–Crippen LogP) is 2.15. The van der Waals surface area contributed by atoms with Gasteiger partial charge in [-0.1, -0.05) is 0 Å². The topological polar surface area (TPSA) is 20.3 Å². The van der Waals surface area contributed by atoms with Gasteiger partial charge in [0.15, 0.2) is 0 Å². The van der Waals surface area contributed by atoms with Gasteiger partial charge < -0.3 is 4.90 Å². The molecule has 1 fully saturated rings. The number of amides is 1. The van der Waals surface area contributed by atoms with Crippen LogP contribution in [-0.2, 0) is 4.79 Å². The van der Waals surface area contributed by atoms with Crippen LogP contribution in [0.4, 0.5) is 17.6 Å². The normalized spacial score (nSPS) is 23.3. The van der Waals surface area contributed by atoms with Crippen LogP contribution in [0.1, 0.15) is 20.3 Å². The van der Waals surface area contributed by atoms with Gasteiger partial charge in [-0.3, -0.25) is 4.79 Å². The van der Waals surface area contributed by atoms with Crippen LogP contribution in [0.2, 0.25) is 0 Å². The Morgan fingerprint density at radius 1 is 1.27 bits per heavy atom. The summed E-state index contributed by atoms with van der Waals surface area (Å²) < 4.78 is 49.5. The number of nitrogens with zero attached hydrogens (tertiary/aromatic N) is 1. The van der Waals surface area contributed by atoms with E-state index in [0.29, 0.717) is 4.90 Å². The summed E-state index contributed by atoms with van der Waals surface area (Å²) in [6, 6.07) is 0. The van der Waals surface area contributed by atoms with Crippen molar-refractivity contribution in [1.29, 1.82) is 0 Å². The summed E-state index contributed by atoms with van der Waals surface area (Å²) in [5.74, 6) is -2.38. The monoisotopic (exact) mass is 227 g/mol. The predicted molar refractivity (Wildman–Crippen MR) is 45.9 cm³/mol. The maximum atomic E-state index is 13.4. The highest BCUT2D eigenvalue weighted by atomic mass is 19.4. The molecule has 0 radical (unpaired) electrons. The van der Waals surface area contributed by atoms with Crippen LogP contribution >= 0.6 is 0 Å². The zero-order valence-corrected chi connectivity index (χ0v) is 8.57. The molecule has 0 bridgehead atoms. The van der Waals surface area contributed by atoms with E-state index in [2.05, 4.69) is 0 Å². The van der Waals surface area contributed by atoms with Crippen molar-refractivity contribution in [2.75, 3.05) is 13.1 Å². The summed E-state index contributed by atoms with van der Waals surface area (Å²) in [6.45, 7) is 2.47. The Morgan fingerprint density at radius 2 is 1.80 bits per heavy atom. The van der Waals surface area contributed by atoms with Crippen molar-refractivity contribution in [1.82, 2.24) is 4.90 Å². The molecule has 0 saturated carbocycles. The van der Waals surface area contributed by atoms with Gasteiger partial charge in [-0.25, -0.2) is 4.39 Å². The van der Waals surface area contributed by atoms with Crippen molar-refractivity contribution in [2.45, 2.75) is 32.1 Å². The standard InChI is InChI=1S/C9H13F4NO/c1-8(2,10)6-3-4-14(5-6)7(15)9(11,12)13/h6H,3-5H2,1-2H3. The summed E-state index contributed by atoms with van der Waals surface area (Å²) in [6.07, 6.45) is -4.57. The van der Waals surface area contributed by atoms with Crippen molar-refractivity contribution in [2.24, 2.45) is 5.92 Å². The van der Waals surface area contributed by atoms with Gasteiger partial charge in [0.25, 0.3) is 0 Å². The minimum absolute atomic E-state index is 0.0175. The molecule has 1 rings (SSSR count). The Kier molecular flexibility index (Phi) is 2.98. The lowest BCUT2D eigenvalue weighted by molar-refractivity contribution is -0.184. The highest BCUT2D eigenvalue weighted by Crippen LogP contribution is 2.32. The number of hydrogen-bond acceptors (Lipinski definition) is 1. The van der Waals surface area contributed by atoms with Gasteiger partial charge in [0, 0.05) is 19.0 Å². The molecule has 1 amide bonds. The highest BCUT2D eigenvalue weighted by molar-refractivity contribution is 5.82. The Morgan fingerprint density at radius 3 is 2.13 bits per heavy atom. The number of carbonyl (C=O) groups is 1. The molecule has 1 aliphatic heterocycles. The molecular weight excluding hydrogens is 214 g/mol. The van der Waals surface area contributed by atoms with Crippen molar-refractivity contribution < 1.29 is 22.4 Å². The van der Waals surface area contributed by atoms with Gasteiger partial charge in [0.1, 0.15) is 5.67 Å². The van der Waals surface area contributed by atoms with E-state index in [0.717, 1.165) is 0 Å². The fraction of sp³-hybridized carbons (Fsp3) is 0.889. The average molecular weight is 227 g/mol. The molecule has 1 aliphatic rings. The van der Waals surface area contributed by atoms with Crippen LogP contribution in [0.25, 0.3) is 0 Å². The first-order chi connectivity index (χ1) is 6.62. The molecule has 1 unspecified atom stereocenters. The maximum absolute atomic E-state index is 13.4. The lowest BCUT2D eigenvalue weighted by Gasteiger charge is -2.23. The van der Waals surface area contributed by atoms with Gasteiger partial charge >= 0.3 is 12.1 Å². The molecule has 0 aromatic carbocycles. The highest BCUT2D eigenvalue weighted by Gasteiger charge is 2.46. The first-order valence-electron chi connectivity index (χ1n) is 4.67. The van der Waals surface area contributed by atoms with Crippen LogP contribution in [-0.4, -0.2) is 35.7 Å². The number of rotatable bonds is 1. The number of alkyl halides is 4. The molecule has 2 nitrogen and oxygen atoms in total. The Hall–Kier alpha value is -0.810. The van der Waals surface area contributed by atoms with Gasteiger partial charge in [0.2, 0.25) is 0 Å². The molecule has 1 atom stereocenters. The first-order valence-corrected chi connectivity index (χ1v) is 4.67. The van der Waals surface area contributed by atoms with Crippen LogP contribution in [0.3, 0.4) is 0 Å². The molecule has 0 aromatic heterocycles. The van der Waals surface area contributed by atoms with Gasteiger partial charge in [-0.15, -0.1) is 0 Å². The van der Waals surface area contributed by atoms with Gasteiger partial charge in [-0.2, -0.15) is 13.2 Å². The molecule has 1 saturated heterocycles. The van der Waals surface area contributed by atoms with E-state index < -0.39 is 23.7 Å². The zero-order valence-electron chi connectivity index (χ0n) is 8.57. The minimum atomic E-state index is -4.85. The third kappa shape index (κ3) is 2.82. The number of carbonyl (C=O) groups excluding carboxylic acids is 1. The third-order valence-electron chi connectivity index (χ3n) is 2.69. The van der Waals surface area contributed by atoms with E-state index in [1.807, 2.05) is 0 Å². The van der Waals surface area contributed by atoms with E-state index in [-0.39, 0.29) is 19.5 Å². The second-order valence-electron chi connectivity index (χ2n) is 4.30. The van der Waals surface area contributed by atoms with E-state index in [4.69, 9.17) is 0 Å². The number of halogens is 4. The fourth-order valence-electron chi connectivity index (χ4n) is 1.68.